The fraction of sp³-hybridized carbons (Fsp3) is 0.571. The minimum Gasteiger partial charge on any atom is -0.489 e. The Morgan fingerprint density at radius 3 is 2.50 bits per heavy atom. The van der Waals surface area contributed by atoms with E-state index < -0.39 is 0 Å². The summed E-state index contributed by atoms with van der Waals surface area (Å²) in [5.41, 5.74) is 7.07. The molecule has 98 valence electrons. The first-order valence-electron chi connectivity index (χ1n) is 6.28. The molecular weight excluding hydrogens is 294 g/mol. The van der Waals surface area contributed by atoms with Crippen molar-refractivity contribution in [2.24, 2.45) is 11.1 Å². The lowest BCUT2D eigenvalue weighted by Crippen LogP contribution is -2.28. The van der Waals surface area contributed by atoms with E-state index in [4.69, 9.17) is 15.2 Å². The number of fused-ring (bicyclic) bond motifs is 1. The molecule has 0 bridgehead atoms. The molecule has 3 rings (SSSR count). The molecule has 1 fully saturated rings. The lowest BCUT2D eigenvalue weighted by atomic mass is 9.95. The summed E-state index contributed by atoms with van der Waals surface area (Å²) in [7, 11) is 0. The Morgan fingerprint density at radius 2 is 1.89 bits per heavy atom. The predicted molar refractivity (Wildman–Crippen MR) is 74.0 cm³/mol. The molecule has 0 unspecified atom stereocenters. The van der Waals surface area contributed by atoms with E-state index in [2.05, 4.69) is 15.9 Å². The second-order valence-electron chi connectivity index (χ2n) is 6.08. The van der Waals surface area contributed by atoms with Crippen LogP contribution in [-0.2, 0) is 5.54 Å². The van der Waals surface area contributed by atoms with Crippen LogP contribution in [0.5, 0.6) is 11.5 Å². The van der Waals surface area contributed by atoms with Crippen molar-refractivity contribution in [1.29, 1.82) is 0 Å². The zero-order valence-corrected chi connectivity index (χ0v) is 12.3. The summed E-state index contributed by atoms with van der Waals surface area (Å²) in [6, 6.07) is 4.02. The zero-order valence-electron chi connectivity index (χ0n) is 10.8. The van der Waals surface area contributed by atoms with Crippen LogP contribution < -0.4 is 15.2 Å². The lowest BCUT2D eigenvalue weighted by molar-refractivity contribution is 0.196. The van der Waals surface area contributed by atoms with Crippen molar-refractivity contribution in [2.45, 2.75) is 32.2 Å². The zero-order chi connectivity index (χ0) is 13.0. The predicted octanol–water partition coefficient (Wildman–Crippen LogP) is 3.19. The van der Waals surface area contributed by atoms with Crippen LogP contribution in [0.4, 0.5) is 0 Å². The molecule has 0 saturated heterocycles. The monoisotopic (exact) mass is 311 g/mol. The summed E-state index contributed by atoms with van der Waals surface area (Å²) >= 11 is 3.56. The normalized spacial score (nSPS) is 20.7. The van der Waals surface area contributed by atoms with Crippen molar-refractivity contribution in [2.75, 3.05) is 13.2 Å². The van der Waals surface area contributed by atoms with E-state index >= 15 is 0 Å². The van der Waals surface area contributed by atoms with Crippen LogP contribution in [0.15, 0.2) is 16.6 Å². The molecule has 0 aromatic heterocycles. The molecule has 1 aliphatic heterocycles. The van der Waals surface area contributed by atoms with Crippen molar-refractivity contribution < 1.29 is 9.47 Å². The van der Waals surface area contributed by atoms with Gasteiger partial charge in [0.15, 0.2) is 11.5 Å². The van der Waals surface area contributed by atoms with Gasteiger partial charge in [-0.2, -0.15) is 0 Å². The molecule has 1 aliphatic carbocycles. The molecule has 0 amide bonds. The minimum atomic E-state index is -0.384. The molecule has 3 nitrogen and oxygen atoms in total. The molecule has 1 saturated carbocycles. The first-order chi connectivity index (χ1) is 8.40. The van der Waals surface area contributed by atoms with E-state index in [1.807, 2.05) is 26.0 Å². The Morgan fingerprint density at radius 1 is 1.22 bits per heavy atom. The van der Waals surface area contributed by atoms with Gasteiger partial charge in [-0.15, -0.1) is 0 Å². The largest absolute Gasteiger partial charge is 0.489 e. The van der Waals surface area contributed by atoms with Crippen LogP contribution in [-0.4, -0.2) is 13.2 Å². The van der Waals surface area contributed by atoms with Gasteiger partial charge in [0.1, 0.15) is 0 Å². The first-order valence-corrected chi connectivity index (χ1v) is 7.08. The highest BCUT2D eigenvalue weighted by Gasteiger charge is 2.46. The van der Waals surface area contributed by atoms with Gasteiger partial charge in [0.2, 0.25) is 0 Å². The van der Waals surface area contributed by atoms with E-state index in [0.29, 0.717) is 0 Å². The smallest absolute Gasteiger partial charge is 0.175 e. The Labute approximate surface area is 116 Å². The number of benzene rings is 1. The molecule has 4 heteroatoms. The Bertz CT molecular complexity index is 489. The molecule has 0 atom stereocenters. The quantitative estimate of drug-likeness (QED) is 0.866. The Hall–Kier alpha value is -0.740. The summed E-state index contributed by atoms with van der Waals surface area (Å²) in [5, 5.41) is 0. The summed E-state index contributed by atoms with van der Waals surface area (Å²) in [6.45, 7) is 5.48. The Balaban J connectivity index is 1.99. The number of nitrogens with two attached hydrogens (primary N) is 1. The molecule has 1 aromatic carbocycles. The third-order valence-electron chi connectivity index (χ3n) is 3.77. The number of hydrogen-bond donors (Lipinski definition) is 1. The van der Waals surface area contributed by atoms with Gasteiger partial charge >= 0.3 is 0 Å². The van der Waals surface area contributed by atoms with Gasteiger partial charge in [-0.05, 0) is 60.3 Å². The van der Waals surface area contributed by atoms with Crippen LogP contribution in [0, 0.1) is 5.41 Å². The number of halogens is 1. The highest BCUT2D eigenvalue weighted by Crippen LogP contribution is 2.50. The average Bonchev–Trinajstić information content (AvgIpc) is 3.06. The van der Waals surface area contributed by atoms with Crippen molar-refractivity contribution >= 4 is 15.9 Å². The number of rotatable bonds is 1. The van der Waals surface area contributed by atoms with Gasteiger partial charge in [-0.25, -0.2) is 0 Å². The third kappa shape index (κ3) is 2.12. The number of hydrogen-bond acceptors (Lipinski definition) is 3. The van der Waals surface area contributed by atoms with Crippen LogP contribution in [0.3, 0.4) is 0 Å². The van der Waals surface area contributed by atoms with Gasteiger partial charge in [0.05, 0.1) is 17.7 Å². The maximum Gasteiger partial charge on any atom is 0.175 e. The van der Waals surface area contributed by atoms with Crippen molar-refractivity contribution in [3.8, 4) is 11.5 Å². The summed E-state index contributed by atoms with van der Waals surface area (Å²) in [4.78, 5) is 0. The maximum atomic E-state index is 6.15. The van der Waals surface area contributed by atoms with E-state index in [0.717, 1.165) is 34.7 Å². The van der Waals surface area contributed by atoms with Crippen molar-refractivity contribution in [3.05, 3.63) is 22.2 Å². The maximum absolute atomic E-state index is 6.15. The molecule has 1 spiro atoms. The second-order valence-corrected chi connectivity index (χ2v) is 6.94. The molecular formula is C14H18BrNO2. The summed E-state index contributed by atoms with van der Waals surface area (Å²) in [5.74, 6) is 1.62. The molecule has 0 radical (unpaired) electrons. The third-order valence-corrected chi connectivity index (χ3v) is 4.36. The van der Waals surface area contributed by atoms with E-state index in [-0.39, 0.29) is 11.0 Å². The molecule has 2 N–H and O–H groups in total. The van der Waals surface area contributed by atoms with Crippen LogP contribution in [0.1, 0.15) is 32.3 Å². The SMILES string of the molecule is CC(C)(N)c1cc(Br)c2c(c1)OCC1(CC1)CO2. The van der Waals surface area contributed by atoms with Gasteiger partial charge in [0.25, 0.3) is 0 Å². The topological polar surface area (TPSA) is 44.5 Å². The standard InChI is InChI=1S/C14H18BrNO2/c1-13(2,16)9-5-10(15)12-11(6-9)17-7-14(3-4-14)8-18-12/h5-6H,3-4,7-8,16H2,1-2H3. The van der Waals surface area contributed by atoms with Crippen molar-refractivity contribution in [3.63, 3.8) is 0 Å². The van der Waals surface area contributed by atoms with Gasteiger partial charge in [-0.3, -0.25) is 0 Å². The van der Waals surface area contributed by atoms with Gasteiger partial charge < -0.3 is 15.2 Å². The van der Waals surface area contributed by atoms with Gasteiger partial charge in [-0.1, -0.05) is 0 Å². The fourth-order valence-corrected chi connectivity index (χ4v) is 2.71. The minimum absolute atomic E-state index is 0.261. The van der Waals surface area contributed by atoms with E-state index in [1.165, 1.54) is 12.8 Å². The fourth-order valence-electron chi connectivity index (χ4n) is 2.15. The van der Waals surface area contributed by atoms with E-state index in [1.54, 1.807) is 0 Å². The van der Waals surface area contributed by atoms with Crippen LogP contribution in [0.25, 0.3) is 0 Å². The average molecular weight is 312 g/mol. The first kappa shape index (κ1) is 12.3. The lowest BCUT2D eigenvalue weighted by Gasteiger charge is -2.21. The van der Waals surface area contributed by atoms with E-state index in [9.17, 15) is 0 Å². The summed E-state index contributed by atoms with van der Waals surface area (Å²) in [6.07, 6.45) is 2.40. The van der Waals surface area contributed by atoms with Crippen LogP contribution in [0.2, 0.25) is 0 Å². The Kier molecular flexibility index (Phi) is 2.65. The number of ether oxygens (including phenoxy) is 2. The van der Waals surface area contributed by atoms with Crippen LogP contribution >= 0.6 is 15.9 Å². The molecule has 1 heterocycles. The summed E-state index contributed by atoms with van der Waals surface area (Å²) < 4.78 is 12.8. The molecule has 2 aliphatic rings. The molecule has 18 heavy (non-hydrogen) atoms. The highest BCUT2D eigenvalue weighted by atomic mass is 79.9. The van der Waals surface area contributed by atoms with Crippen molar-refractivity contribution in [1.82, 2.24) is 0 Å². The van der Waals surface area contributed by atoms with Gasteiger partial charge in [0, 0.05) is 11.0 Å². The second kappa shape index (κ2) is 3.87. The highest BCUT2D eigenvalue weighted by molar-refractivity contribution is 9.10. The molecule has 1 aromatic rings.